The fourth-order valence-electron chi connectivity index (χ4n) is 3.02. The molecule has 0 saturated heterocycles. The lowest BCUT2D eigenvalue weighted by Crippen LogP contribution is -2.00. The van der Waals surface area contributed by atoms with E-state index in [2.05, 4.69) is 17.1 Å². The van der Waals surface area contributed by atoms with Gasteiger partial charge in [-0.3, -0.25) is 14.5 Å². The van der Waals surface area contributed by atoms with Crippen LogP contribution in [-0.2, 0) is 6.54 Å². The maximum Gasteiger partial charge on any atom is 0.185 e. The number of phenolic OH excluding ortho intramolecular Hbond substituents is 1. The van der Waals surface area contributed by atoms with Gasteiger partial charge in [0.1, 0.15) is 11.4 Å². The van der Waals surface area contributed by atoms with Crippen molar-refractivity contribution in [3.8, 4) is 17.0 Å². The molecule has 1 N–H and O–H groups in total. The van der Waals surface area contributed by atoms with Crippen LogP contribution in [0.1, 0.15) is 21.5 Å². The van der Waals surface area contributed by atoms with E-state index < -0.39 is 0 Å². The average molecular weight is 381 g/mol. The molecular weight excluding hydrogens is 362 g/mol. The van der Waals surface area contributed by atoms with Crippen molar-refractivity contribution in [3.05, 3.63) is 108 Å². The van der Waals surface area contributed by atoms with E-state index in [4.69, 9.17) is 5.10 Å². The second kappa shape index (κ2) is 8.35. The zero-order valence-electron chi connectivity index (χ0n) is 15.6. The number of ketones is 1. The molecule has 0 amide bonds. The van der Waals surface area contributed by atoms with Gasteiger partial charge in [0.25, 0.3) is 0 Å². The zero-order chi connectivity index (χ0) is 20.1. The predicted octanol–water partition coefficient (Wildman–Crippen LogP) is 4.60. The van der Waals surface area contributed by atoms with Crippen LogP contribution in [0.3, 0.4) is 0 Å². The lowest BCUT2D eigenvalue weighted by Gasteiger charge is -2.01. The summed E-state index contributed by atoms with van der Waals surface area (Å²) >= 11 is 0. The van der Waals surface area contributed by atoms with Gasteiger partial charge in [-0.15, -0.1) is 0 Å². The molecule has 4 aromatic rings. The van der Waals surface area contributed by atoms with Crippen molar-refractivity contribution in [2.24, 2.45) is 0 Å². The first-order valence-corrected chi connectivity index (χ1v) is 9.22. The zero-order valence-corrected chi connectivity index (χ0v) is 15.6. The monoisotopic (exact) mass is 381 g/mol. The molecule has 2 aromatic heterocycles. The standard InChI is InChI=1S/C24H19N3O2/c28-22-11-8-19(9-12-22)23(29)13-10-21-17-27(16-18-5-2-1-3-6-18)26-24(21)20-7-4-14-25-15-20/h1-15,17,28H,16H2. The van der Waals surface area contributed by atoms with E-state index in [1.165, 1.54) is 18.2 Å². The van der Waals surface area contributed by atoms with Crippen LogP contribution in [-0.4, -0.2) is 25.7 Å². The van der Waals surface area contributed by atoms with Crippen LogP contribution in [0.2, 0.25) is 0 Å². The molecule has 0 unspecified atom stereocenters. The molecular formula is C24H19N3O2. The molecule has 0 saturated carbocycles. The quantitative estimate of drug-likeness (QED) is 0.392. The van der Waals surface area contributed by atoms with Gasteiger partial charge < -0.3 is 5.11 Å². The number of rotatable bonds is 6. The smallest absolute Gasteiger partial charge is 0.185 e. The summed E-state index contributed by atoms with van der Waals surface area (Å²) in [7, 11) is 0. The van der Waals surface area contributed by atoms with E-state index in [-0.39, 0.29) is 11.5 Å². The Morgan fingerprint density at radius 2 is 1.79 bits per heavy atom. The molecule has 0 radical (unpaired) electrons. The molecule has 2 heterocycles. The molecule has 29 heavy (non-hydrogen) atoms. The fraction of sp³-hybridized carbons (Fsp3) is 0.0417. The Labute approximate surface area is 168 Å². The summed E-state index contributed by atoms with van der Waals surface area (Å²) in [5, 5.41) is 14.1. The predicted molar refractivity (Wildman–Crippen MR) is 112 cm³/mol. The van der Waals surface area contributed by atoms with Gasteiger partial charge in [0, 0.05) is 35.3 Å². The van der Waals surface area contributed by atoms with Crippen molar-refractivity contribution < 1.29 is 9.90 Å². The molecule has 142 valence electrons. The van der Waals surface area contributed by atoms with Crippen LogP contribution in [0.5, 0.6) is 5.75 Å². The Bertz CT molecular complexity index is 1130. The van der Waals surface area contributed by atoms with E-state index in [0.29, 0.717) is 12.1 Å². The first-order valence-electron chi connectivity index (χ1n) is 9.22. The van der Waals surface area contributed by atoms with Crippen LogP contribution in [0, 0.1) is 0 Å². The summed E-state index contributed by atoms with van der Waals surface area (Å²) in [4.78, 5) is 16.6. The Kier molecular flexibility index (Phi) is 5.29. The number of aromatic nitrogens is 3. The van der Waals surface area contributed by atoms with Crippen molar-refractivity contribution in [3.63, 3.8) is 0 Å². The van der Waals surface area contributed by atoms with Crippen molar-refractivity contribution in [2.45, 2.75) is 6.54 Å². The summed E-state index contributed by atoms with van der Waals surface area (Å²) in [6.07, 6.45) is 8.70. The molecule has 0 aliphatic heterocycles. The third-order valence-electron chi connectivity index (χ3n) is 4.48. The average Bonchev–Trinajstić information content (AvgIpc) is 3.16. The normalized spacial score (nSPS) is 11.0. The number of carbonyl (C=O) groups is 1. The lowest BCUT2D eigenvalue weighted by atomic mass is 10.1. The van der Waals surface area contributed by atoms with Crippen molar-refractivity contribution in [2.75, 3.05) is 0 Å². The fourth-order valence-corrected chi connectivity index (χ4v) is 3.02. The first-order chi connectivity index (χ1) is 14.2. The van der Waals surface area contributed by atoms with Gasteiger partial charge in [0.05, 0.1) is 6.54 Å². The highest BCUT2D eigenvalue weighted by molar-refractivity contribution is 6.07. The second-order valence-electron chi connectivity index (χ2n) is 6.60. The van der Waals surface area contributed by atoms with E-state index >= 15 is 0 Å². The van der Waals surface area contributed by atoms with Gasteiger partial charge >= 0.3 is 0 Å². The highest BCUT2D eigenvalue weighted by Gasteiger charge is 2.11. The largest absolute Gasteiger partial charge is 0.508 e. The van der Waals surface area contributed by atoms with Gasteiger partial charge in [0.2, 0.25) is 0 Å². The van der Waals surface area contributed by atoms with E-state index in [9.17, 15) is 9.90 Å². The Hall–Kier alpha value is -3.99. The minimum absolute atomic E-state index is 0.131. The van der Waals surface area contributed by atoms with Gasteiger partial charge in [-0.2, -0.15) is 5.10 Å². The summed E-state index contributed by atoms with van der Waals surface area (Å²) < 4.78 is 1.86. The van der Waals surface area contributed by atoms with Gasteiger partial charge in [-0.05, 0) is 54.1 Å². The lowest BCUT2D eigenvalue weighted by molar-refractivity contribution is 0.104. The van der Waals surface area contributed by atoms with Crippen LogP contribution in [0.25, 0.3) is 17.3 Å². The maximum atomic E-state index is 12.5. The van der Waals surface area contributed by atoms with Crippen LogP contribution >= 0.6 is 0 Å². The summed E-state index contributed by atoms with van der Waals surface area (Å²) in [6, 6.07) is 20.1. The third-order valence-corrected chi connectivity index (χ3v) is 4.48. The van der Waals surface area contributed by atoms with Crippen molar-refractivity contribution in [1.82, 2.24) is 14.8 Å². The molecule has 4 rings (SSSR count). The van der Waals surface area contributed by atoms with Gasteiger partial charge in [-0.25, -0.2) is 0 Å². The number of aromatic hydroxyl groups is 1. The number of carbonyl (C=O) groups excluding carboxylic acids is 1. The molecule has 5 heteroatoms. The molecule has 2 aromatic carbocycles. The van der Waals surface area contributed by atoms with E-state index in [1.807, 2.05) is 41.2 Å². The highest BCUT2D eigenvalue weighted by Crippen LogP contribution is 2.23. The number of phenols is 1. The molecule has 0 bridgehead atoms. The minimum atomic E-state index is -0.141. The topological polar surface area (TPSA) is 68.0 Å². The number of pyridine rings is 1. The highest BCUT2D eigenvalue weighted by atomic mass is 16.3. The number of benzene rings is 2. The summed E-state index contributed by atoms with van der Waals surface area (Å²) in [6.45, 7) is 0.633. The van der Waals surface area contributed by atoms with Gasteiger partial charge in [-0.1, -0.05) is 30.3 Å². The molecule has 0 aliphatic carbocycles. The minimum Gasteiger partial charge on any atom is -0.508 e. The first kappa shape index (κ1) is 18.4. The molecule has 5 nitrogen and oxygen atoms in total. The third kappa shape index (κ3) is 4.47. The van der Waals surface area contributed by atoms with Crippen LogP contribution < -0.4 is 0 Å². The van der Waals surface area contributed by atoms with E-state index in [1.54, 1.807) is 30.6 Å². The number of nitrogens with zero attached hydrogens (tertiary/aromatic N) is 3. The van der Waals surface area contributed by atoms with E-state index in [0.717, 1.165) is 22.4 Å². The summed E-state index contributed by atoms with van der Waals surface area (Å²) in [5.74, 6) is -0.00970. The Morgan fingerprint density at radius 1 is 1.00 bits per heavy atom. The van der Waals surface area contributed by atoms with Crippen LogP contribution in [0.15, 0.2) is 91.4 Å². The number of hydrogen-bond donors (Lipinski definition) is 1. The molecule has 0 fully saturated rings. The molecule has 0 aliphatic rings. The summed E-state index contributed by atoms with van der Waals surface area (Å²) in [5.41, 5.74) is 4.14. The molecule has 0 atom stereocenters. The Balaban J connectivity index is 1.65. The SMILES string of the molecule is O=C(C=Cc1cn(Cc2ccccc2)nc1-c1cccnc1)c1ccc(O)cc1. The second-order valence-corrected chi connectivity index (χ2v) is 6.60. The number of hydrogen-bond acceptors (Lipinski definition) is 4. The van der Waals surface area contributed by atoms with Crippen molar-refractivity contribution >= 4 is 11.9 Å². The van der Waals surface area contributed by atoms with Gasteiger partial charge in [0.15, 0.2) is 5.78 Å². The number of allylic oxidation sites excluding steroid dienone is 1. The van der Waals surface area contributed by atoms with Crippen LogP contribution in [0.4, 0.5) is 0 Å². The Morgan fingerprint density at radius 3 is 2.52 bits per heavy atom. The van der Waals surface area contributed by atoms with Crippen molar-refractivity contribution in [1.29, 1.82) is 0 Å². The molecule has 0 spiro atoms. The maximum absolute atomic E-state index is 12.5.